The van der Waals surface area contributed by atoms with E-state index in [1.165, 1.54) is 41.1 Å². The lowest BCUT2D eigenvalue weighted by molar-refractivity contribution is 0.155. The van der Waals surface area contributed by atoms with Gasteiger partial charge in [0.2, 0.25) is 0 Å². The quantitative estimate of drug-likeness (QED) is 0.896. The van der Waals surface area contributed by atoms with Gasteiger partial charge in [-0.25, -0.2) is 4.98 Å². The van der Waals surface area contributed by atoms with Gasteiger partial charge in [0.15, 0.2) is 0 Å². The van der Waals surface area contributed by atoms with E-state index in [4.69, 9.17) is 4.98 Å². The topological polar surface area (TPSA) is 41.0 Å². The Kier molecular flexibility index (Phi) is 6.22. The molecule has 2 aliphatic rings. The van der Waals surface area contributed by atoms with E-state index in [0.29, 0.717) is 6.04 Å². The maximum absolute atomic E-state index is 4.73. The number of hydrogen-bond acceptors (Lipinski definition) is 5. The van der Waals surface area contributed by atoms with Crippen LogP contribution in [0.3, 0.4) is 0 Å². The third kappa shape index (κ3) is 3.97. The van der Waals surface area contributed by atoms with Crippen molar-refractivity contribution in [2.75, 3.05) is 19.6 Å². The van der Waals surface area contributed by atoms with Crippen LogP contribution in [0, 0.1) is 0 Å². The number of piperazine rings is 1. The van der Waals surface area contributed by atoms with Gasteiger partial charge in [0, 0.05) is 61.6 Å². The molecule has 0 aromatic carbocycles. The summed E-state index contributed by atoms with van der Waals surface area (Å²) in [6.07, 6.45) is 11.3. The molecule has 1 atom stereocenters. The lowest BCUT2D eigenvalue weighted by Gasteiger charge is -2.36. The molecule has 0 amide bonds. The lowest BCUT2D eigenvalue weighted by atomic mass is 10.0. The number of nitrogens with one attached hydrogen (secondary N) is 1. The minimum Gasteiger partial charge on any atom is -0.314 e. The maximum atomic E-state index is 4.73. The summed E-state index contributed by atoms with van der Waals surface area (Å²) in [5.74, 6) is 0.729. The van der Waals surface area contributed by atoms with E-state index in [2.05, 4.69) is 33.5 Å². The van der Waals surface area contributed by atoms with Gasteiger partial charge >= 0.3 is 0 Å². The normalized spacial score (nSPS) is 22.4. The predicted molar refractivity (Wildman–Crippen MR) is 101 cm³/mol. The molecule has 3 heterocycles. The average molecular weight is 365 g/mol. The summed E-state index contributed by atoms with van der Waals surface area (Å²) in [5.41, 5.74) is 1.35. The first-order chi connectivity index (χ1) is 11.4. The van der Waals surface area contributed by atoms with Crippen molar-refractivity contribution >= 4 is 23.7 Å². The van der Waals surface area contributed by atoms with Gasteiger partial charge in [0.25, 0.3) is 0 Å². The molecule has 0 radical (unpaired) electrons. The Hall–Kier alpha value is -1.01. The second-order valence-electron chi connectivity index (χ2n) is 6.62. The van der Waals surface area contributed by atoms with E-state index >= 15 is 0 Å². The van der Waals surface area contributed by atoms with E-state index in [1.54, 1.807) is 0 Å². The van der Waals surface area contributed by atoms with Crippen LogP contribution in [-0.2, 0) is 6.54 Å². The molecule has 2 aromatic rings. The van der Waals surface area contributed by atoms with Crippen LogP contribution in [0.4, 0.5) is 0 Å². The fourth-order valence-corrected chi connectivity index (χ4v) is 4.92. The van der Waals surface area contributed by atoms with Crippen LogP contribution in [0.15, 0.2) is 30.7 Å². The van der Waals surface area contributed by atoms with Crippen molar-refractivity contribution in [2.24, 2.45) is 0 Å². The van der Waals surface area contributed by atoms with E-state index in [0.717, 1.165) is 32.1 Å². The third-order valence-electron chi connectivity index (χ3n) is 5.08. The second kappa shape index (κ2) is 8.39. The molecule has 2 aromatic heterocycles. The van der Waals surface area contributed by atoms with Crippen molar-refractivity contribution in [2.45, 2.75) is 44.2 Å². The van der Waals surface area contributed by atoms with Crippen molar-refractivity contribution in [3.05, 3.63) is 46.2 Å². The molecule has 4 nitrogen and oxygen atoms in total. The minimum atomic E-state index is 0. The zero-order valence-corrected chi connectivity index (χ0v) is 15.5. The Morgan fingerprint density at radius 1 is 1.21 bits per heavy atom. The van der Waals surface area contributed by atoms with Gasteiger partial charge in [-0.05, 0) is 30.5 Å². The van der Waals surface area contributed by atoms with Crippen LogP contribution in [-0.4, -0.2) is 34.5 Å². The fourth-order valence-electron chi connectivity index (χ4n) is 3.81. The summed E-state index contributed by atoms with van der Waals surface area (Å²) in [5, 5.41) is 4.89. The number of hydrogen-bond donors (Lipinski definition) is 1. The Bertz CT molecular complexity index is 627. The molecule has 2 fully saturated rings. The molecule has 130 valence electrons. The number of rotatable bonds is 4. The molecule has 1 N–H and O–H groups in total. The molecule has 24 heavy (non-hydrogen) atoms. The van der Waals surface area contributed by atoms with Gasteiger partial charge in [-0.3, -0.25) is 9.88 Å². The van der Waals surface area contributed by atoms with E-state index in [-0.39, 0.29) is 12.4 Å². The molecule has 1 saturated carbocycles. The van der Waals surface area contributed by atoms with Crippen LogP contribution >= 0.6 is 23.7 Å². The molecule has 1 unspecified atom stereocenters. The Labute approximate surface area is 154 Å². The van der Waals surface area contributed by atoms with Gasteiger partial charge in [0.05, 0.1) is 5.01 Å². The van der Waals surface area contributed by atoms with Gasteiger partial charge in [-0.1, -0.05) is 12.8 Å². The predicted octanol–water partition coefficient (Wildman–Crippen LogP) is 3.76. The summed E-state index contributed by atoms with van der Waals surface area (Å²) >= 11 is 1.94. The highest BCUT2D eigenvalue weighted by molar-refractivity contribution is 7.11. The molecule has 1 aliphatic heterocycles. The highest BCUT2D eigenvalue weighted by atomic mass is 35.5. The van der Waals surface area contributed by atoms with Crippen molar-refractivity contribution < 1.29 is 0 Å². The molecule has 1 aliphatic carbocycles. The molecule has 1 saturated heterocycles. The first-order valence-electron chi connectivity index (χ1n) is 8.69. The largest absolute Gasteiger partial charge is 0.314 e. The van der Waals surface area contributed by atoms with E-state index in [1.807, 2.05) is 23.7 Å². The average Bonchev–Trinajstić information content (AvgIpc) is 3.27. The number of thiazole rings is 1. The number of halogens is 1. The highest BCUT2D eigenvalue weighted by Gasteiger charge is 2.25. The van der Waals surface area contributed by atoms with Crippen LogP contribution < -0.4 is 5.32 Å². The molecule has 6 heteroatoms. The van der Waals surface area contributed by atoms with Crippen molar-refractivity contribution in [3.8, 4) is 0 Å². The molecule has 4 rings (SSSR count). The summed E-state index contributed by atoms with van der Waals surface area (Å²) in [7, 11) is 0. The Morgan fingerprint density at radius 2 is 2.00 bits per heavy atom. The second-order valence-corrected chi connectivity index (χ2v) is 7.76. The lowest BCUT2D eigenvalue weighted by Crippen LogP contribution is -2.45. The van der Waals surface area contributed by atoms with Crippen molar-refractivity contribution in [3.63, 3.8) is 0 Å². The van der Waals surface area contributed by atoms with Gasteiger partial charge < -0.3 is 5.32 Å². The summed E-state index contributed by atoms with van der Waals surface area (Å²) in [4.78, 5) is 12.9. The molecule has 0 spiro atoms. The number of nitrogens with zero attached hydrogens (tertiary/aromatic N) is 3. The Balaban J connectivity index is 0.00000169. The van der Waals surface area contributed by atoms with Crippen LogP contribution in [0.25, 0.3) is 0 Å². The fraction of sp³-hybridized carbons (Fsp3) is 0.556. The third-order valence-corrected chi connectivity index (χ3v) is 6.22. The smallest absolute Gasteiger partial charge is 0.0959 e. The van der Waals surface area contributed by atoms with Crippen LogP contribution in [0.5, 0.6) is 0 Å². The van der Waals surface area contributed by atoms with E-state index < -0.39 is 0 Å². The van der Waals surface area contributed by atoms with Gasteiger partial charge in [0.1, 0.15) is 0 Å². The summed E-state index contributed by atoms with van der Waals surface area (Å²) < 4.78 is 0. The zero-order valence-electron chi connectivity index (χ0n) is 13.9. The zero-order chi connectivity index (χ0) is 15.5. The van der Waals surface area contributed by atoms with Gasteiger partial charge in [-0.2, -0.15) is 0 Å². The number of pyridine rings is 1. The SMILES string of the molecule is Cl.c1cc(C2CNCCN2Cc2cnc(C3CCCC3)s2)ccn1. The minimum absolute atomic E-state index is 0. The van der Waals surface area contributed by atoms with Crippen molar-refractivity contribution in [1.82, 2.24) is 20.2 Å². The molecule has 0 bridgehead atoms. The first kappa shape index (κ1) is 17.8. The number of aromatic nitrogens is 2. The van der Waals surface area contributed by atoms with E-state index in [9.17, 15) is 0 Å². The molecular formula is C18H25ClN4S. The van der Waals surface area contributed by atoms with Crippen molar-refractivity contribution in [1.29, 1.82) is 0 Å². The maximum Gasteiger partial charge on any atom is 0.0959 e. The van der Waals surface area contributed by atoms with Gasteiger partial charge in [-0.15, -0.1) is 23.7 Å². The monoisotopic (exact) mass is 364 g/mol. The first-order valence-corrected chi connectivity index (χ1v) is 9.51. The van der Waals surface area contributed by atoms with Crippen LogP contribution in [0.2, 0.25) is 0 Å². The summed E-state index contributed by atoms with van der Waals surface area (Å²) in [6, 6.07) is 4.71. The standard InChI is InChI=1S/C18H24N4S.ClH/c1-2-4-15(3-1)18-21-11-16(23-18)13-22-10-9-20-12-17(22)14-5-7-19-8-6-14;/h5-8,11,15,17,20H,1-4,9-10,12-13H2;1H. The highest BCUT2D eigenvalue weighted by Crippen LogP contribution is 2.36. The summed E-state index contributed by atoms with van der Waals surface area (Å²) in [6.45, 7) is 4.18. The molecular weight excluding hydrogens is 340 g/mol. The Morgan fingerprint density at radius 3 is 2.79 bits per heavy atom. The van der Waals surface area contributed by atoms with Crippen LogP contribution in [0.1, 0.15) is 53.1 Å².